The molecular formula is C26H18N4O3S. The average Bonchev–Trinajstić information content (AvgIpc) is 3.64. The van der Waals surface area contributed by atoms with Gasteiger partial charge in [-0.3, -0.25) is 9.36 Å². The molecule has 6 rings (SSSR count). The number of benzene rings is 2. The predicted molar refractivity (Wildman–Crippen MR) is 131 cm³/mol. The zero-order valence-corrected chi connectivity index (χ0v) is 18.7. The summed E-state index contributed by atoms with van der Waals surface area (Å²) in [4.78, 5) is 17.9. The molecule has 0 N–H and O–H groups in total. The second-order valence-corrected chi connectivity index (χ2v) is 8.67. The van der Waals surface area contributed by atoms with Gasteiger partial charge < -0.3 is 8.83 Å². The Labute approximate surface area is 198 Å². The van der Waals surface area contributed by atoms with Gasteiger partial charge in [-0.05, 0) is 36.4 Å². The van der Waals surface area contributed by atoms with Crippen LogP contribution in [-0.4, -0.2) is 31.4 Å². The molecule has 0 radical (unpaired) electrons. The van der Waals surface area contributed by atoms with E-state index in [1.807, 2.05) is 54.6 Å². The van der Waals surface area contributed by atoms with Crippen LogP contribution in [0.4, 0.5) is 0 Å². The maximum Gasteiger partial charge on any atom is 0.232 e. The monoisotopic (exact) mass is 466 g/mol. The molecule has 166 valence electrons. The molecule has 0 saturated carbocycles. The summed E-state index contributed by atoms with van der Waals surface area (Å²) in [6.45, 7) is 0. The SMILES string of the molecule is O=C(CCSc1nnc(-c2ccco2)c(-c2ccco2)n1)n1c2ccccc2c2ccccc21. The van der Waals surface area contributed by atoms with E-state index in [1.165, 1.54) is 11.8 Å². The van der Waals surface area contributed by atoms with Crippen molar-refractivity contribution in [2.45, 2.75) is 11.6 Å². The molecule has 0 fully saturated rings. The smallest absolute Gasteiger partial charge is 0.232 e. The molecule has 4 aromatic heterocycles. The van der Waals surface area contributed by atoms with Crippen LogP contribution < -0.4 is 0 Å². The fourth-order valence-corrected chi connectivity index (χ4v) is 4.78. The van der Waals surface area contributed by atoms with Gasteiger partial charge in [-0.2, -0.15) is 0 Å². The minimum Gasteiger partial charge on any atom is -0.463 e. The van der Waals surface area contributed by atoms with Crippen LogP contribution in [0.25, 0.3) is 44.7 Å². The normalized spacial score (nSPS) is 11.4. The first-order chi connectivity index (χ1) is 16.8. The molecular weight excluding hydrogens is 448 g/mol. The Balaban J connectivity index is 1.25. The van der Waals surface area contributed by atoms with Crippen LogP contribution in [0.1, 0.15) is 11.2 Å². The van der Waals surface area contributed by atoms with Crippen LogP contribution in [0, 0.1) is 0 Å². The Bertz CT molecular complexity index is 1550. The van der Waals surface area contributed by atoms with Gasteiger partial charge in [0.2, 0.25) is 11.1 Å². The highest BCUT2D eigenvalue weighted by Crippen LogP contribution is 2.31. The molecule has 0 atom stereocenters. The van der Waals surface area contributed by atoms with E-state index in [1.54, 1.807) is 35.3 Å². The van der Waals surface area contributed by atoms with Crippen LogP contribution in [-0.2, 0) is 0 Å². The standard InChI is InChI=1S/C26H18N4O3S/c31-23(30-19-9-3-1-7-17(19)18-8-2-4-10-20(18)30)13-16-34-26-27-24(21-11-5-14-32-21)25(28-29-26)22-12-6-15-33-22/h1-12,14-15H,13,16H2. The van der Waals surface area contributed by atoms with Gasteiger partial charge in [0.05, 0.1) is 23.6 Å². The number of hydrogen-bond acceptors (Lipinski definition) is 7. The number of hydrogen-bond donors (Lipinski definition) is 0. The molecule has 0 spiro atoms. The largest absolute Gasteiger partial charge is 0.463 e. The lowest BCUT2D eigenvalue weighted by molar-refractivity contribution is 0.0920. The molecule has 7 nitrogen and oxygen atoms in total. The number of aromatic nitrogens is 4. The summed E-state index contributed by atoms with van der Waals surface area (Å²) in [5, 5.41) is 11.2. The van der Waals surface area contributed by atoms with Gasteiger partial charge in [-0.15, -0.1) is 10.2 Å². The molecule has 6 aromatic rings. The van der Waals surface area contributed by atoms with E-state index in [2.05, 4.69) is 15.2 Å². The van der Waals surface area contributed by atoms with Crippen molar-refractivity contribution >= 4 is 39.5 Å². The van der Waals surface area contributed by atoms with Gasteiger partial charge in [0.25, 0.3) is 0 Å². The van der Waals surface area contributed by atoms with Crippen molar-refractivity contribution in [3.63, 3.8) is 0 Å². The minimum atomic E-state index is 0.0244. The van der Waals surface area contributed by atoms with Crippen molar-refractivity contribution in [1.82, 2.24) is 19.7 Å². The molecule has 8 heteroatoms. The number of nitrogens with zero attached hydrogens (tertiary/aromatic N) is 4. The average molecular weight is 467 g/mol. The van der Waals surface area contributed by atoms with Crippen LogP contribution in [0.15, 0.2) is 99.3 Å². The number of para-hydroxylation sites is 2. The summed E-state index contributed by atoms with van der Waals surface area (Å²) in [5.74, 6) is 1.67. The number of thioether (sulfide) groups is 1. The third-order valence-corrected chi connectivity index (χ3v) is 6.39. The molecule has 0 aliphatic rings. The maximum atomic E-state index is 13.3. The molecule has 2 aromatic carbocycles. The highest BCUT2D eigenvalue weighted by molar-refractivity contribution is 7.99. The molecule has 0 bridgehead atoms. The molecule has 4 heterocycles. The van der Waals surface area contributed by atoms with Gasteiger partial charge >= 0.3 is 0 Å². The Morgan fingerprint density at radius 3 is 2.00 bits per heavy atom. The van der Waals surface area contributed by atoms with Crippen LogP contribution in [0.5, 0.6) is 0 Å². The van der Waals surface area contributed by atoms with Crippen molar-refractivity contribution in [3.8, 4) is 22.9 Å². The van der Waals surface area contributed by atoms with Crippen molar-refractivity contribution in [1.29, 1.82) is 0 Å². The van der Waals surface area contributed by atoms with Crippen LogP contribution in [0.3, 0.4) is 0 Å². The number of fused-ring (bicyclic) bond motifs is 3. The zero-order valence-electron chi connectivity index (χ0n) is 17.9. The lowest BCUT2D eigenvalue weighted by Crippen LogP contribution is -2.11. The van der Waals surface area contributed by atoms with Crippen LogP contribution in [0.2, 0.25) is 0 Å². The highest BCUT2D eigenvalue weighted by Gasteiger charge is 2.19. The van der Waals surface area contributed by atoms with E-state index >= 15 is 0 Å². The van der Waals surface area contributed by atoms with E-state index in [-0.39, 0.29) is 5.91 Å². The third kappa shape index (κ3) is 3.58. The highest BCUT2D eigenvalue weighted by atomic mass is 32.2. The van der Waals surface area contributed by atoms with Crippen molar-refractivity contribution in [3.05, 3.63) is 85.3 Å². The lowest BCUT2D eigenvalue weighted by atomic mass is 10.2. The van der Waals surface area contributed by atoms with Crippen molar-refractivity contribution < 1.29 is 13.6 Å². The van der Waals surface area contributed by atoms with Gasteiger partial charge in [-0.1, -0.05) is 48.2 Å². The topological polar surface area (TPSA) is 86.9 Å². The van der Waals surface area contributed by atoms with Gasteiger partial charge in [0.1, 0.15) is 5.69 Å². The fourth-order valence-electron chi connectivity index (χ4n) is 4.07. The first-order valence-corrected chi connectivity index (χ1v) is 11.7. The Morgan fingerprint density at radius 1 is 0.765 bits per heavy atom. The first kappa shape index (κ1) is 20.4. The number of carbonyl (C=O) groups excluding carboxylic acids is 1. The molecule has 0 saturated heterocycles. The summed E-state index contributed by atoms with van der Waals surface area (Å²) < 4.78 is 12.8. The summed E-state index contributed by atoms with van der Waals surface area (Å²) in [5.41, 5.74) is 2.89. The van der Waals surface area contributed by atoms with E-state index in [4.69, 9.17) is 8.83 Å². The molecule has 0 aliphatic heterocycles. The van der Waals surface area contributed by atoms with Gasteiger partial charge in [-0.25, -0.2) is 4.98 Å². The Kier molecular flexibility index (Phi) is 5.20. The van der Waals surface area contributed by atoms with Gasteiger partial charge in [0.15, 0.2) is 17.2 Å². The summed E-state index contributed by atoms with van der Waals surface area (Å²) in [7, 11) is 0. The first-order valence-electron chi connectivity index (χ1n) is 10.8. The summed E-state index contributed by atoms with van der Waals surface area (Å²) >= 11 is 1.38. The minimum absolute atomic E-state index is 0.0244. The van der Waals surface area contributed by atoms with Crippen molar-refractivity contribution in [2.75, 3.05) is 5.75 Å². The summed E-state index contributed by atoms with van der Waals surface area (Å²) in [6.07, 6.45) is 3.49. The second kappa shape index (κ2) is 8.64. The maximum absolute atomic E-state index is 13.3. The predicted octanol–water partition coefficient (Wildman–Crippen LogP) is 6.32. The number of rotatable bonds is 6. The van der Waals surface area contributed by atoms with Crippen LogP contribution >= 0.6 is 11.8 Å². The Morgan fingerprint density at radius 2 is 1.38 bits per heavy atom. The van der Waals surface area contributed by atoms with Gasteiger partial charge in [0, 0.05) is 22.9 Å². The summed E-state index contributed by atoms with van der Waals surface area (Å²) in [6, 6.07) is 23.1. The number of carbonyl (C=O) groups is 1. The number of furan rings is 2. The fraction of sp³-hybridized carbons (Fsp3) is 0.0769. The zero-order chi connectivity index (χ0) is 22.9. The second-order valence-electron chi connectivity index (χ2n) is 7.61. The third-order valence-electron chi connectivity index (χ3n) is 5.55. The van der Waals surface area contributed by atoms with E-state index in [9.17, 15) is 4.79 Å². The molecule has 0 amide bonds. The van der Waals surface area contributed by atoms with E-state index in [0.717, 1.165) is 21.8 Å². The lowest BCUT2D eigenvalue weighted by Gasteiger charge is -2.07. The Hall–Kier alpha value is -4.17. The molecule has 34 heavy (non-hydrogen) atoms. The quantitative estimate of drug-likeness (QED) is 0.265. The molecule has 0 unspecified atom stereocenters. The molecule has 0 aliphatic carbocycles. The van der Waals surface area contributed by atoms with E-state index in [0.29, 0.717) is 40.2 Å². The van der Waals surface area contributed by atoms with Crippen molar-refractivity contribution in [2.24, 2.45) is 0 Å². The van der Waals surface area contributed by atoms with E-state index < -0.39 is 0 Å².